The second kappa shape index (κ2) is 11.6. The van der Waals surface area contributed by atoms with E-state index in [1.165, 1.54) is 30.6 Å². The van der Waals surface area contributed by atoms with Crippen LogP contribution in [0.1, 0.15) is 82.0 Å². The van der Waals surface area contributed by atoms with Gasteiger partial charge in [0, 0.05) is 48.2 Å². The van der Waals surface area contributed by atoms with Gasteiger partial charge in [-0.05, 0) is 79.5 Å². The predicted octanol–water partition coefficient (Wildman–Crippen LogP) is 6.39. The highest BCUT2D eigenvalue weighted by molar-refractivity contribution is 6.10. The molecule has 1 aliphatic rings. The van der Waals surface area contributed by atoms with Crippen molar-refractivity contribution in [2.75, 3.05) is 13.1 Å². The Morgan fingerprint density at radius 2 is 1.63 bits per heavy atom. The van der Waals surface area contributed by atoms with Gasteiger partial charge in [0.05, 0.1) is 29.2 Å². The van der Waals surface area contributed by atoms with Crippen LogP contribution in [0.25, 0.3) is 16.6 Å². The molecule has 2 aromatic heterocycles. The number of aromatic nitrogens is 2. The number of rotatable bonds is 6. The SMILES string of the molecule is CC(C)N(C(=O)c1cc(F)ccc1-n1cc(C(=O)C2CCN(C(=O)OC(C)(C)C)CC2)c2c(F)cncc21)C(C)C. The number of benzene rings is 1. The van der Waals surface area contributed by atoms with Crippen molar-refractivity contribution < 1.29 is 27.9 Å². The van der Waals surface area contributed by atoms with E-state index >= 15 is 4.39 Å². The van der Waals surface area contributed by atoms with Crippen molar-refractivity contribution in [2.24, 2.45) is 5.92 Å². The minimum atomic E-state index is -0.670. The van der Waals surface area contributed by atoms with Crippen molar-refractivity contribution in [2.45, 2.75) is 79.0 Å². The van der Waals surface area contributed by atoms with Gasteiger partial charge in [-0.3, -0.25) is 14.6 Å². The van der Waals surface area contributed by atoms with Crippen molar-refractivity contribution in [3.05, 3.63) is 59.6 Å². The lowest BCUT2D eigenvalue weighted by Gasteiger charge is -2.32. The van der Waals surface area contributed by atoms with Gasteiger partial charge in [-0.25, -0.2) is 13.6 Å². The first-order chi connectivity index (χ1) is 19.2. The number of amides is 2. The monoisotopic (exact) mass is 568 g/mol. The number of carbonyl (C=O) groups excluding carboxylic acids is 3. The Bertz CT molecular complexity index is 1460. The molecule has 0 bridgehead atoms. The van der Waals surface area contributed by atoms with Crippen molar-refractivity contribution in [3.8, 4) is 5.69 Å². The first kappa shape index (κ1) is 30.1. The lowest BCUT2D eigenvalue weighted by Crippen LogP contribution is -2.43. The fourth-order valence-corrected chi connectivity index (χ4v) is 5.49. The van der Waals surface area contributed by atoms with Crippen LogP contribution < -0.4 is 0 Å². The maximum atomic E-state index is 15.3. The number of ketones is 1. The Kier molecular flexibility index (Phi) is 8.52. The molecule has 1 aliphatic heterocycles. The number of hydrogen-bond acceptors (Lipinski definition) is 5. The minimum Gasteiger partial charge on any atom is -0.444 e. The number of carbonyl (C=O) groups is 3. The summed E-state index contributed by atoms with van der Waals surface area (Å²) < 4.78 is 36.7. The number of hydrogen-bond donors (Lipinski definition) is 0. The summed E-state index contributed by atoms with van der Waals surface area (Å²) in [7, 11) is 0. The van der Waals surface area contributed by atoms with Crippen LogP contribution in [-0.4, -0.2) is 67.9 Å². The number of ether oxygens (including phenoxy) is 1. The van der Waals surface area contributed by atoms with Gasteiger partial charge in [0.1, 0.15) is 11.4 Å². The molecular formula is C31H38F2N4O4. The standard InChI is InChI=1S/C31H38F2N4O4/c1-18(2)37(19(3)4)29(39)22-14-21(32)8-9-25(22)36-17-23(27-24(33)15-34-16-26(27)36)28(38)20-10-12-35(13-11-20)30(40)41-31(5,6)7/h8-9,14-20H,10-13H2,1-7H3. The Morgan fingerprint density at radius 1 is 1.00 bits per heavy atom. The third-order valence-electron chi connectivity index (χ3n) is 7.25. The molecule has 0 radical (unpaired) electrons. The zero-order valence-electron chi connectivity index (χ0n) is 24.7. The smallest absolute Gasteiger partial charge is 0.410 e. The Hall–Kier alpha value is -3.82. The molecule has 220 valence electrons. The maximum absolute atomic E-state index is 15.3. The number of halogens is 2. The summed E-state index contributed by atoms with van der Waals surface area (Å²) in [6, 6.07) is 3.56. The van der Waals surface area contributed by atoms with E-state index in [1.807, 2.05) is 27.7 Å². The predicted molar refractivity (Wildman–Crippen MR) is 152 cm³/mol. The van der Waals surface area contributed by atoms with Gasteiger partial charge in [-0.2, -0.15) is 0 Å². The fourth-order valence-electron chi connectivity index (χ4n) is 5.49. The largest absolute Gasteiger partial charge is 0.444 e. The quantitative estimate of drug-likeness (QED) is 0.322. The second-order valence-electron chi connectivity index (χ2n) is 12.1. The summed E-state index contributed by atoms with van der Waals surface area (Å²) in [5, 5.41) is 0.0897. The summed E-state index contributed by atoms with van der Waals surface area (Å²) in [4.78, 5) is 47.2. The highest BCUT2D eigenvalue weighted by Crippen LogP contribution is 2.33. The molecule has 0 atom stereocenters. The maximum Gasteiger partial charge on any atom is 0.410 e. The summed E-state index contributed by atoms with van der Waals surface area (Å²) in [5.74, 6) is -2.33. The van der Waals surface area contributed by atoms with Crippen LogP contribution in [0.2, 0.25) is 0 Å². The van der Waals surface area contributed by atoms with E-state index in [0.717, 1.165) is 6.20 Å². The molecule has 1 aromatic carbocycles. The van der Waals surface area contributed by atoms with E-state index in [2.05, 4.69) is 4.98 Å². The van der Waals surface area contributed by atoms with Crippen LogP contribution in [0.3, 0.4) is 0 Å². The van der Waals surface area contributed by atoms with Gasteiger partial charge in [-0.1, -0.05) is 0 Å². The molecule has 41 heavy (non-hydrogen) atoms. The molecule has 1 saturated heterocycles. The molecule has 3 heterocycles. The van der Waals surface area contributed by atoms with Gasteiger partial charge in [0.15, 0.2) is 11.6 Å². The lowest BCUT2D eigenvalue weighted by atomic mass is 9.89. The van der Waals surface area contributed by atoms with Crippen molar-refractivity contribution >= 4 is 28.7 Å². The second-order valence-corrected chi connectivity index (χ2v) is 12.1. The summed E-state index contributed by atoms with van der Waals surface area (Å²) in [6.07, 6.45) is 4.36. The molecule has 0 unspecified atom stereocenters. The van der Waals surface area contributed by atoms with Crippen molar-refractivity contribution in [1.82, 2.24) is 19.4 Å². The minimum absolute atomic E-state index is 0.0897. The summed E-state index contributed by atoms with van der Waals surface area (Å²) in [5.41, 5.74) is 0.236. The van der Waals surface area contributed by atoms with E-state index in [-0.39, 0.29) is 40.3 Å². The molecule has 1 fully saturated rings. The molecular weight excluding hydrogens is 530 g/mol. The molecule has 0 aliphatic carbocycles. The molecule has 10 heteroatoms. The van der Waals surface area contributed by atoms with Crippen LogP contribution in [-0.2, 0) is 4.74 Å². The molecule has 3 aromatic rings. The highest BCUT2D eigenvalue weighted by atomic mass is 19.1. The first-order valence-electron chi connectivity index (χ1n) is 14.0. The van der Waals surface area contributed by atoms with E-state index in [0.29, 0.717) is 37.1 Å². The van der Waals surface area contributed by atoms with Gasteiger partial charge < -0.3 is 19.1 Å². The van der Waals surface area contributed by atoms with Crippen molar-refractivity contribution in [3.63, 3.8) is 0 Å². The lowest BCUT2D eigenvalue weighted by molar-refractivity contribution is 0.0182. The van der Waals surface area contributed by atoms with Gasteiger partial charge in [0.25, 0.3) is 5.91 Å². The van der Waals surface area contributed by atoms with E-state index in [9.17, 15) is 18.8 Å². The van der Waals surface area contributed by atoms with Crippen LogP contribution in [0.4, 0.5) is 13.6 Å². The Balaban J connectivity index is 1.73. The number of piperidine rings is 1. The van der Waals surface area contributed by atoms with Crippen LogP contribution in [0.15, 0.2) is 36.8 Å². The Morgan fingerprint density at radius 3 is 2.22 bits per heavy atom. The zero-order chi connectivity index (χ0) is 30.2. The van der Waals surface area contributed by atoms with Crippen LogP contribution in [0, 0.1) is 17.6 Å². The molecule has 0 saturated carbocycles. The highest BCUT2D eigenvalue weighted by Gasteiger charge is 2.33. The van der Waals surface area contributed by atoms with E-state index in [1.54, 1.807) is 35.1 Å². The average Bonchev–Trinajstić information content (AvgIpc) is 3.27. The zero-order valence-corrected chi connectivity index (χ0v) is 24.7. The summed E-state index contributed by atoms with van der Waals surface area (Å²) in [6.45, 7) is 13.6. The summed E-state index contributed by atoms with van der Waals surface area (Å²) >= 11 is 0. The number of likely N-dealkylation sites (tertiary alicyclic amines) is 1. The number of Topliss-reactive ketones (excluding diaryl/α,β-unsaturated/α-hetero) is 1. The normalized spacial score (nSPS) is 14.7. The van der Waals surface area contributed by atoms with Crippen LogP contribution >= 0.6 is 0 Å². The number of fused-ring (bicyclic) bond motifs is 1. The van der Waals surface area contributed by atoms with E-state index in [4.69, 9.17) is 4.74 Å². The van der Waals surface area contributed by atoms with Gasteiger partial charge >= 0.3 is 6.09 Å². The molecule has 0 spiro atoms. The number of pyridine rings is 1. The first-order valence-corrected chi connectivity index (χ1v) is 14.0. The van der Waals surface area contributed by atoms with Gasteiger partial charge in [0.2, 0.25) is 0 Å². The van der Waals surface area contributed by atoms with Crippen molar-refractivity contribution in [1.29, 1.82) is 0 Å². The number of nitrogens with zero attached hydrogens (tertiary/aromatic N) is 4. The molecule has 4 rings (SSSR count). The molecule has 0 N–H and O–H groups in total. The van der Waals surface area contributed by atoms with E-state index < -0.39 is 29.2 Å². The third kappa shape index (κ3) is 6.26. The average molecular weight is 569 g/mol. The third-order valence-corrected chi connectivity index (χ3v) is 7.25. The topological polar surface area (TPSA) is 84.7 Å². The molecule has 2 amide bonds. The van der Waals surface area contributed by atoms with Gasteiger partial charge in [-0.15, -0.1) is 0 Å². The van der Waals surface area contributed by atoms with Crippen LogP contribution in [0.5, 0.6) is 0 Å². The fraction of sp³-hybridized carbons (Fsp3) is 0.484. The molecule has 8 nitrogen and oxygen atoms in total. The Labute approximate surface area is 239 Å².